The van der Waals surface area contributed by atoms with E-state index in [-0.39, 0.29) is 24.4 Å². The Kier molecular flexibility index (Phi) is 7.77. The summed E-state index contributed by atoms with van der Waals surface area (Å²) < 4.78 is 5.61. The van der Waals surface area contributed by atoms with Crippen LogP contribution in [0.1, 0.15) is 26.2 Å². The van der Waals surface area contributed by atoms with Crippen molar-refractivity contribution in [1.82, 2.24) is 5.32 Å². The Balaban J connectivity index is 0.00000242. The van der Waals surface area contributed by atoms with E-state index in [0.29, 0.717) is 28.3 Å². The molecule has 1 saturated carbocycles. The number of ether oxygens (including phenoxy) is 1. The molecule has 0 aromatic heterocycles. The fourth-order valence-corrected chi connectivity index (χ4v) is 2.96. The number of rotatable bonds is 5. The number of halogens is 3. The molecule has 0 radical (unpaired) electrons. The molecule has 3 N–H and O–H groups in total. The van der Waals surface area contributed by atoms with Crippen LogP contribution < -0.4 is 15.8 Å². The summed E-state index contributed by atoms with van der Waals surface area (Å²) in [6.07, 6.45) is 2.50. The summed E-state index contributed by atoms with van der Waals surface area (Å²) in [5.41, 5.74) is 5.72. The van der Waals surface area contributed by atoms with Gasteiger partial charge in [-0.05, 0) is 44.4 Å². The lowest BCUT2D eigenvalue weighted by atomic mass is 10.0. The average molecular weight is 368 g/mol. The van der Waals surface area contributed by atoms with Crippen molar-refractivity contribution in [2.45, 2.75) is 38.3 Å². The highest BCUT2D eigenvalue weighted by Crippen LogP contribution is 2.32. The van der Waals surface area contributed by atoms with Gasteiger partial charge in [0.15, 0.2) is 6.10 Å². The van der Waals surface area contributed by atoms with Gasteiger partial charge in [0.05, 0.1) is 5.02 Å². The van der Waals surface area contributed by atoms with Crippen molar-refractivity contribution in [2.75, 3.05) is 6.54 Å². The predicted molar refractivity (Wildman–Crippen MR) is 92.1 cm³/mol. The second kappa shape index (κ2) is 8.82. The first kappa shape index (κ1) is 19.4. The highest BCUT2D eigenvalue weighted by atomic mass is 35.5. The Labute approximate surface area is 147 Å². The maximum atomic E-state index is 12.2. The van der Waals surface area contributed by atoms with Crippen molar-refractivity contribution >= 4 is 41.5 Å². The van der Waals surface area contributed by atoms with E-state index in [1.165, 1.54) is 0 Å². The summed E-state index contributed by atoms with van der Waals surface area (Å²) >= 11 is 12.0. The Bertz CT molecular complexity index is 514. The van der Waals surface area contributed by atoms with E-state index in [1.54, 1.807) is 25.1 Å². The molecule has 7 heteroatoms. The van der Waals surface area contributed by atoms with Crippen molar-refractivity contribution in [3.8, 4) is 5.75 Å². The van der Waals surface area contributed by atoms with Crippen molar-refractivity contribution < 1.29 is 9.53 Å². The molecule has 124 valence electrons. The lowest BCUT2D eigenvalue weighted by Gasteiger charge is -2.22. The number of amides is 1. The topological polar surface area (TPSA) is 64.3 Å². The van der Waals surface area contributed by atoms with E-state index in [1.807, 2.05) is 0 Å². The molecule has 2 rings (SSSR count). The molecule has 3 atom stereocenters. The second-order valence-corrected chi connectivity index (χ2v) is 6.14. The molecule has 0 saturated heterocycles. The van der Waals surface area contributed by atoms with Crippen molar-refractivity contribution in [1.29, 1.82) is 0 Å². The van der Waals surface area contributed by atoms with Crippen molar-refractivity contribution in [3.05, 3.63) is 28.2 Å². The van der Waals surface area contributed by atoms with Crippen LogP contribution in [-0.2, 0) is 4.79 Å². The molecular weight excluding hydrogens is 347 g/mol. The molecule has 1 amide bonds. The fraction of sp³-hybridized carbons (Fsp3) is 0.533. The van der Waals surface area contributed by atoms with E-state index in [0.717, 1.165) is 19.3 Å². The lowest BCUT2D eigenvalue weighted by molar-refractivity contribution is -0.128. The molecule has 1 aromatic rings. The van der Waals surface area contributed by atoms with Crippen LogP contribution >= 0.6 is 35.6 Å². The number of benzene rings is 1. The Morgan fingerprint density at radius 1 is 1.45 bits per heavy atom. The minimum absolute atomic E-state index is 0. The zero-order valence-corrected chi connectivity index (χ0v) is 14.7. The van der Waals surface area contributed by atoms with Crippen LogP contribution in [0.3, 0.4) is 0 Å². The Hall–Kier alpha value is -0.680. The molecule has 0 bridgehead atoms. The molecule has 0 heterocycles. The minimum atomic E-state index is -0.639. The summed E-state index contributed by atoms with van der Waals surface area (Å²) in [6.45, 7) is 2.29. The van der Waals surface area contributed by atoms with Gasteiger partial charge in [-0.2, -0.15) is 0 Å². The quantitative estimate of drug-likeness (QED) is 0.838. The van der Waals surface area contributed by atoms with Crippen LogP contribution in [0.15, 0.2) is 18.2 Å². The second-order valence-electron chi connectivity index (χ2n) is 5.35. The molecule has 4 nitrogen and oxygen atoms in total. The van der Waals surface area contributed by atoms with Crippen LogP contribution in [0, 0.1) is 5.92 Å². The lowest BCUT2D eigenvalue weighted by Crippen LogP contribution is -2.45. The third-order valence-electron chi connectivity index (χ3n) is 3.88. The number of carbonyl (C=O) groups is 1. The van der Waals surface area contributed by atoms with Gasteiger partial charge in [-0.15, -0.1) is 12.4 Å². The first-order valence-electron chi connectivity index (χ1n) is 7.14. The molecule has 0 aliphatic heterocycles. The first-order valence-corrected chi connectivity index (χ1v) is 7.89. The van der Waals surface area contributed by atoms with E-state index in [9.17, 15) is 4.79 Å². The molecule has 0 spiro atoms. The Morgan fingerprint density at radius 2 is 2.18 bits per heavy atom. The minimum Gasteiger partial charge on any atom is -0.479 e. The van der Waals surface area contributed by atoms with Gasteiger partial charge in [0.1, 0.15) is 10.8 Å². The highest BCUT2D eigenvalue weighted by Gasteiger charge is 2.29. The van der Waals surface area contributed by atoms with E-state index < -0.39 is 6.10 Å². The third kappa shape index (κ3) is 4.66. The van der Waals surface area contributed by atoms with Gasteiger partial charge < -0.3 is 15.8 Å². The molecular formula is C15H21Cl3N2O2. The zero-order valence-electron chi connectivity index (χ0n) is 12.4. The number of hydrogen-bond donors (Lipinski definition) is 2. The smallest absolute Gasteiger partial charge is 0.261 e. The monoisotopic (exact) mass is 366 g/mol. The summed E-state index contributed by atoms with van der Waals surface area (Å²) in [4.78, 5) is 12.2. The molecule has 3 unspecified atom stereocenters. The van der Waals surface area contributed by atoms with Crippen molar-refractivity contribution in [3.63, 3.8) is 0 Å². The number of hydrogen-bond acceptors (Lipinski definition) is 3. The van der Waals surface area contributed by atoms with Crippen LogP contribution in [0.5, 0.6) is 5.75 Å². The summed E-state index contributed by atoms with van der Waals surface area (Å²) in [6, 6.07) is 5.24. The predicted octanol–water partition coefficient (Wildman–Crippen LogP) is 3.43. The van der Waals surface area contributed by atoms with E-state index in [4.69, 9.17) is 33.7 Å². The van der Waals surface area contributed by atoms with Crippen molar-refractivity contribution in [2.24, 2.45) is 11.7 Å². The zero-order chi connectivity index (χ0) is 15.4. The SMILES string of the molecule is CC(Oc1cccc(Cl)c1Cl)C(=O)NC1CCCC1CN.Cl. The summed E-state index contributed by atoms with van der Waals surface area (Å²) in [5.74, 6) is 0.612. The van der Waals surface area contributed by atoms with Gasteiger partial charge >= 0.3 is 0 Å². The number of nitrogens with two attached hydrogens (primary N) is 1. The molecule has 1 aliphatic rings. The van der Waals surface area contributed by atoms with E-state index in [2.05, 4.69) is 5.32 Å². The molecule has 1 aliphatic carbocycles. The average Bonchev–Trinajstić information content (AvgIpc) is 2.91. The van der Waals surface area contributed by atoms with Gasteiger partial charge in [-0.1, -0.05) is 35.7 Å². The fourth-order valence-electron chi connectivity index (χ4n) is 2.63. The normalized spacial score (nSPS) is 21.8. The highest BCUT2D eigenvalue weighted by molar-refractivity contribution is 6.42. The largest absolute Gasteiger partial charge is 0.479 e. The van der Waals surface area contributed by atoms with Crippen LogP contribution in [0.4, 0.5) is 0 Å². The van der Waals surface area contributed by atoms with Gasteiger partial charge in [-0.3, -0.25) is 4.79 Å². The molecule has 1 aromatic carbocycles. The van der Waals surface area contributed by atoms with Crippen LogP contribution in [-0.4, -0.2) is 24.6 Å². The van der Waals surface area contributed by atoms with Crippen LogP contribution in [0.2, 0.25) is 10.0 Å². The molecule has 22 heavy (non-hydrogen) atoms. The number of nitrogens with one attached hydrogen (secondary N) is 1. The van der Waals surface area contributed by atoms with Gasteiger partial charge in [-0.25, -0.2) is 0 Å². The van der Waals surface area contributed by atoms with E-state index >= 15 is 0 Å². The maximum absolute atomic E-state index is 12.2. The van der Waals surface area contributed by atoms with Gasteiger partial charge in [0.2, 0.25) is 0 Å². The summed E-state index contributed by atoms with van der Waals surface area (Å²) in [5, 5.41) is 3.74. The van der Waals surface area contributed by atoms with Crippen LogP contribution in [0.25, 0.3) is 0 Å². The van der Waals surface area contributed by atoms with Gasteiger partial charge in [0, 0.05) is 6.04 Å². The molecule has 1 fully saturated rings. The Morgan fingerprint density at radius 3 is 2.86 bits per heavy atom. The summed E-state index contributed by atoms with van der Waals surface area (Å²) in [7, 11) is 0. The standard InChI is InChI=1S/C15H20Cl2N2O2.ClH/c1-9(21-13-7-3-5-11(16)14(13)17)15(20)19-12-6-2-4-10(12)8-18;/h3,5,7,9-10,12H,2,4,6,8,18H2,1H3,(H,19,20);1H. The maximum Gasteiger partial charge on any atom is 0.261 e. The third-order valence-corrected chi connectivity index (χ3v) is 4.68. The number of carbonyl (C=O) groups excluding carboxylic acids is 1. The van der Waals surface area contributed by atoms with Gasteiger partial charge in [0.25, 0.3) is 5.91 Å². The first-order chi connectivity index (χ1) is 10.0.